The molecule has 2 nitrogen and oxygen atoms in total. The van der Waals surface area contributed by atoms with E-state index in [0.717, 1.165) is 19.5 Å². The van der Waals surface area contributed by atoms with Gasteiger partial charge in [-0.1, -0.05) is 102 Å². The van der Waals surface area contributed by atoms with Crippen molar-refractivity contribution in [3.05, 3.63) is 39.6 Å². The van der Waals surface area contributed by atoms with Gasteiger partial charge in [0.2, 0.25) is 0 Å². The van der Waals surface area contributed by atoms with Crippen molar-refractivity contribution in [1.29, 1.82) is 0 Å². The van der Waals surface area contributed by atoms with Crippen LogP contribution >= 0.6 is 7.05 Å². The fourth-order valence-electron chi connectivity index (χ4n) is 5.02. The highest BCUT2D eigenvalue weighted by Gasteiger charge is 2.55. The predicted molar refractivity (Wildman–Crippen MR) is 152 cm³/mol. The van der Waals surface area contributed by atoms with E-state index in [1.807, 2.05) is 0 Å². The van der Waals surface area contributed by atoms with Crippen molar-refractivity contribution in [3.8, 4) is 0 Å². The third kappa shape index (κ3) is 5.17. The quantitative estimate of drug-likeness (QED) is 0.389. The minimum atomic E-state index is -1.77. The lowest BCUT2D eigenvalue weighted by Crippen LogP contribution is -2.22. The summed E-state index contributed by atoms with van der Waals surface area (Å²) < 4.78 is 5.98. The summed E-state index contributed by atoms with van der Waals surface area (Å²) in [6.07, 6.45) is 1.11. The number of hydrogen-bond acceptors (Lipinski definition) is 2. The minimum Gasteiger partial charge on any atom is -0.370 e. The standard InChI is InChI=1S/C30H53N2P/c1-16-24-26(32(17-2)18-3)33(24,30(13,14)15)31-25-22(28(7,8)9)19-21(27(4,5)6)20-23(25)29(10,11)12/h19-20H,16-18H2,1-15H3/t33-/m1/s1. The molecule has 1 aromatic carbocycles. The van der Waals surface area contributed by atoms with Gasteiger partial charge in [-0.3, -0.25) is 4.74 Å². The van der Waals surface area contributed by atoms with Crippen LogP contribution < -0.4 is 0 Å². The lowest BCUT2D eigenvalue weighted by molar-refractivity contribution is 0.410. The van der Waals surface area contributed by atoms with E-state index in [1.54, 1.807) is 10.8 Å². The summed E-state index contributed by atoms with van der Waals surface area (Å²) in [4.78, 5) is 2.60. The van der Waals surface area contributed by atoms with Gasteiger partial charge in [0.15, 0.2) is 0 Å². The SMILES string of the molecule is CCC1=C(N(CC)CC)[P@@]1(=Nc1c(C(C)(C)C)cc(C(C)(C)C)cc1C(C)(C)C)C(C)(C)C. The highest BCUT2D eigenvalue weighted by atomic mass is 31.2. The predicted octanol–water partition coefficient (Wildman–Crippen LogP) is 10.1. The van der Waals surface area contributed by atoms with Crippen LogP contribution in [0.15, 0.2) is 27.6 Å². The molecular weight excluding hydrogens is 419 g/mol. The van der Waals surface area contributed by atoms with E-state index in [-0.39, 0.29) is 21.4 Å². The Morgan fingerprint density at radius 2 is 1.12 bits per heavy atom. The Kier molecular flexibility index (Phi) is 7.61. The van der Waals surface area contributed by atoms with Crippen molar-refractivity contribution < 1.29 is 0 Å². The van der Waals surface area contributed by atoms with Gasteiger partial charge in [-0.15, -0.1) is 0 Å². The maximum absolute atomic E-state index is 5.98. The summed E-state index contributed by atoms with van der Waals surface area (Å²) in [6, 6.07) is 4.94. The van der Waals surface area contributed by atoms with E-state index >= 15 is 0 Å². The van der Waals surface area contributed by atoms with E-state index in [1.165, 1.54) is 22.4 Å². The zero-order chi connectivity index (χ0) is 25.8. The number of hydrogen-bond donors (Lipinski definition) is 0. The molecule has 0 spiro atoms. The number of allylic oxidation sites excluding steroid dienone is 1. The summed E-state index contributed by atoms with van der Waals surface area (Å²) in [5, 5.41) is 1.77. The Morgan fingerprint density at radius 1 is 0.697 bits per heavy atom. The van der Waals surface area contributed by atoms with Gasteiger partial charge in [-0.05, 0) is 53.2 Å². The lowest BCUT2D eigenvalue weighted by atomic mass is 9.74. The summed E-state index contributed by atoms with van der Waals surface area (Å²) in [6.45, 7) is 37.4. The Bertz CT molecular complexity index is 928. The molecule has 0 aliphatic carbocycles. The lowest BCUT2D eigenvalue weighted by Gasteiger charge is -2.35. The molecule has 0 radical (unpaired) electrons. The molecule has 1 atom stereocenters. The number of rotatable bonds is 5. The molecule has 33 heavy (non-hydrogen) atoms. The summed E-state index contributed by atoms with van der Waals surface area (Å²) in [5.41, 5.74) is 7.26. The first-order valence-corrected chi connectivity index (χ1v) is 14.8. The molecule has 2 rings (SSSR count). The van der Waals surface area contributed by atoms with E-state index in [4.69, 9.17) is 4.74 Å². The van der Waals surface area contributed by atoms with Crippen molar-refractivity contribution in [3.63, 3.8) is 0 Å². The molecule has 0 aromatic heterocycles. The molecule has 1 aliphatic rings. The average Bonchev–Trinajstić information content (AvgIpc) is 3.28. The van der Waals surface area contributed by atoms with Crippen LogP contribution in [0.1, 0.15) is 127 Å². The first-order chi connectivity index (χ1) is 14.8. The van der Waals surface area contributed by atoms with Crippen LogP contribution in [-0.4, -0.2) is 23.1 Å². The Hall–Kier alpha value is -1.01. The highest BCUT2D eigenvalue weighted by Crippen LogP contribution is 2.87. The van der Waals surface area contributed by atoms with Gasteiger partial charge in [-0.25, -0.2) is 0 Å². The smallest absolute Gasteiger partial charge is 0.0696 e. The molecule has 1 aliphatic heterocycles. The summed E-state index contributed by atoms with van der Waals surface area (Å²) >= 11 is 0. The second-order valence-electron chi connectivity index (χ2n) is 13.9. The third-order valence-corrected chi connectivity index (χ3v) is 11.8. The molecule has 3 heteroatoms. The van der Waals surface area contributed by atoms with Crippen LogP contribution in [0, 0.1) is 0 Å². The van der Waals surface area contributed by atoms with Crippen LogP contribution in [0.5, 0.6) is 0 Å². The van der Waals surface area contributed by atoms with E-state index < -0.39 is 7.05 Å². The van der Waals surface area contributed by atoms with E-state index in [9.17, 15) is 0 Å². The number of benzene rings is 1. The molecule has 0 saturated heterocycles. The second kappa shape index (κ2) is 8.89. The Labute approximate surface area is 206 Å². The maximum Gasteiger partial charge on any atom is 0.0696 e. The largest absolute Gasteiger partial charge is 0.370 e. The van der Waals surface area contributed by atoms with Gasteiger partial charge < -0.3 is 4.90 Å². The van der Waals surface area contributed by atoms with Crippen molar-refractivity contribution in [1.82, 2.24) is 4.90 Å². The van der Waals surface area contributed by atoms with E-state index in [2.05, 4.69) is 121 Å². The van der Waals surface area contributed by atoms with Crippen molar-refractivity contribution >= 4 is 12.7 Å². The van der Waals surface area contributed by atoms with Gasteiger partial charge in [0.05, 0.1) is 18.2 Å². The second-order valence-corrected chi connectivity index (χ2v) is 17.6. The molecular formula is C30H53N2P. The normalized spacial score (nSPS) is 19.7. The van der Waals surface area contributed by atoms with Crippen LogP contribution in [0.2, 0.25) is 0 Å². The zero-order valence-corrected chi connectivity index (χ0v) is 25.5. The molecule has 188 valence electrons. The van der Waals surface area contributed by atoms with Crippen LogP contribution in [0.4, 0.5) is 5.69 Å². The molecule has 0 amide bonds. The summed E-state index contributed by atoms with van der Waals surface area (Å²) in [5.74, 6) is 0. The minimum absolute atomic E-state index is 0.0275. The van der Waals surface area contributed by atoms with Gasteiger partial charge in [0.1, 0.15) is 0 Å². The van der Waals surface area contributed by atoms with Gasteiger partial charge in [0.25, 0.3) is 0 Å². The molecule has 0 N–H and O–H groups in total. The fraction of sp³-hybridized carbons (Fsp3) is 0.733. The number of nitrogens with zero attached hydrogens (tertiary/aromatic N) is 2. The average molecular weight is 473 g/mol. The van der Waals surface area contributed by atoms with Crippen molar-refractivity contribution in [2.24, 2.45) is 4.74 Å². The van der Waals surface area contributed by atoms with Crippen LogP contribution in [0.25, 0.3) is 0 Å². The van der Waals surface area contributed by atoms with Crippen LogP contribution in [-0.2, 0) is 16.2 Å². The first-order valence-electron chi connectivity index (χ1n) is 13.1. The maximum atomic E-state index is 5.98. The molecule has 0 bridgehead atoms. The monoisotopic (exact) mass is 472 g/mol. The summed E-state index contributed by atoms with van der Waals surface area (Å²) in [7, 11) is -1.77. The van der Waals surface area contributed by atoms with E-state index in [0.29, 0.717) is 0 Å². The first kappa shape index (κ1) is 28.2. The topological polar surface area (TPSA) is 15.6 Å². The fourth-order valence-corrected chi connectivity index (χ4v) is 9.76. The highest BCUT2D eigenvalue weighted by molar-refractivity contribution is 7.83. The molecule has 1 heterocycles. The van der Waals surface area contributed by atoms with Crippen LogP contribution in [0.3, 0.4) is 0 Å². The van der Waals surface area contributed by atoms with Crippen molar-refractivity contribution in [2.45, 2.75) is 132 Å². The molecule has 0 unspecified atom stereocenters. The molecule has 1 aromatic rings. The molecule has 0 fully saturated rings. The molecule has 0 saturated carbocycles. The van der Waals surface area contributed by atoms with Gasteiger partial charge >= 0.3 is 0 Å². The Morgan fingerprint density at radius 3 is 1.39 bits per heavy atom. The zero-order valence-electron chi connectivity index (χ0n) is 24.6. The van der Waals surface area contributed by atoms with Gasteiger partial charge in [0, 0.05) is 23.6 Å². The third-order valence-electron chi connectivity index (χ3n) is 7.12. The van der Waals surface area contributed by atoms with Gasteiger partial charge in [-0.2, -0.15) is 0 Å². The van der Waals surface area contributed by atoms with Crippen molar-refractivity contribution in [2.75, 3.05) is 13.1 Å². The Balaban J connectivity index is 3.06.